The average Bonchev–Trinajstić information content (AvgIpc) is 2.98. The van der Waals surface area contributed by atoms with E-state index in [1.807, 2.05) is 12.1 Å². The maximum Gasteiger partial charge on any atom is 0.190 e. The minimum absolute atomic E-state index is 0.00321. The third-order valence-corrected chi connectivity index (χ3v) is 3.55. The number of nitrogens with two attached hydrogens (primary N) is 1. The van der Waals surface area contributed by atoms with Gasteiger partial charge in [0.1, 0.15) is 5.69 Å². The normalized spacial score (nSPS) is 16.8. The fourth-order valence-corrected chi connectivity index (χ4v) is 2.70. The molecule has 0 spiro atoms. The molecule has 1 aromatic heterocycles. The molecule has 0 amide bonds. The van der Waals surface area contributed by atoms with E-state index >= 15 is 0 Å². The summed E-state index contributed by atoms with van der Waals surface area (Å²) in [6.07, 6.45) is 6.22. The van der Waals surface area contributed by atoms with Crippen LogP contribution in [0.2, 0.25) is 0 Å². The second kappa shape index (κ2) is 6.38. The molecule has 104 valence electrons. The first kappa shape index (κ1) is 13.6. The van der Waals surface area contributed by atoms with Crippen LogP contribution in [0.3, 0.4) is 0 Å². The summed E-state index contributed by atoms with van der Waals surface area (Å²) in [5.74, 6) is -0.00321. The van der Waals surface area contributed by atoms with Crippen LogP contribution in [0.4, 0.5) is 5.69 Å². The van der Waals surface area contributed by atoms with Crippen molar-refractivity contribution in [3.8, 4) is 0 Å². The largest absolute Gasteiger partial charge is 0.409 e. The molecular formula is C13H20N4O2. The van der Waals surface area contributed by atoms with Crippen molar-refractivity contribution in [1.82, 2.24) is 4.98 Å². The Hall–Kier alpha value is -1.82. The van der Waals surface area contributed by atoms with Gasteiger partial charge in [0.2, 0.25) is 0 Å². The Morgan fingerprint density at radius 3 is 2.84 bits per heavy atom. The van der Waals surface area contributed by atoms with Crippen molar-refractivity contribution in [1.29, 1.82) is 0 Å². The van der Waals surface area contributed by atoms with E-state index in [1.54, 1.807) is 6.20 Å². The quantitative estimate of drug-likeness (QED) is 0.318. The molecule has 0 saturated heterocycles. The second-order valence-corrected chi connectivity index (χ2v) is 4.71. The molecule has 0 unspecified atom stereocenters. The Kier molecular flexibility index (Phi) is 4.57. The number of aliphatic hydroxyl groups is 1. The molecule has 19 heavy (non-hydrogen) atoms. The van der Waals surface area contributed by atoms with Gasteiger partial charge in [-0.05, 0) is 25.0 Å². The molecule has 2 rings (SSSR count). The lowest BCUT2D eigenvalue weighted by Crippen LogP contribution is -2.37. The zero-order valence-corrected chi connectivity index (χ0v) is 10.9. The zero-order valence-electron chi connectivity index (χ0n) is 10.9. The van der Waals surface area contributed by atoms with E-state index in [9.17, 15) is 5.11 Å². The molecule has 0 radical (unpaired) electrons. The zero-order chi connectivity index (χ0) is 13.7. The third kappa shape index (κ3) is 2.96. The van der Waals surface area contributed by atoms with Gasteiger partial charge in [-0.1, -0.05) is 18.0 Å². The molecule has 1 aliphatic rings. The van der Waals surface area contributed by atoms with Crippen LogP contribution in [0.25, 0.3) is 0 Å². The van der Waals surface area contributed by atoms with E-state index in [4.69, 9.17) is 10.9 Å². The standard InChI is InChI=1S/C13H20N4O2/c14-13(16-19)12-11(6-3-7-15-12)17(8-9-18)10-4-1-2-5-10/h3,6-7,10,18-19H,1-2,4-5,8-9H2,(H2,14,16). The Bertz CT molecular complexity index is 444. The van der Waals surface area contributed by atoms with Gasteiger partial charge >= 0.3 is 0 Å². The van der Waals surface area contributed by atoms with Crippen molar-refractivity contribution in [2.45, 2.75) is 31.7 Å². The first-order chi connectivity index (χ1) is 9.27. The second-order valence-electron chi connectivity index (χ2n) is 4.71. The van der Waals surface area contributed by atoms with Crippen molar-refractivity contribution in [2.24, 2.45) is 10.9 Å². The number of hydrogen-bond acceptors (Lipinski definition) is 5. The van der Waals surface area contributed by atoms with E-state index in [0.29, 0.717) is 18.3 Å². The summed E-state index contributed by atoms with van der Waals surface area (Å²) in [6, 6.07) is 4.11. The summed E-state index contributed by atoms with van der Waals surface area (Å²) < 4.78 is 0. The lowest BCUT2D eigenvalue weighted by atomic mass is 10.1. The molecule has 1 heterocycles. The van der Waals surface area contributed by atoms with Crippen LogP contribution in [0, 0.1) is 0 Å². The Balaban J connectivity index is 2.35. The van der Waals surface area contributed by atoms with Gasteiger partial charge in [-0.3, -0.25) is 4.98 Å². The van der Waals surface area contributed by atoms with E-state index < -0.39 is 0 Å². The summed E-state index contributed by atoms with van der Waals surface area (Å²) in [5, 5.41) is 21.1. The molecule has 1 saturated carbocycles. The third-order valence-electron chi connectivity index (χ3n) is 3.55. The highest BCUT2D eigenvalue weighted by atomic mass is 16.4. The van der Waals surface area contributed by atoms with Crippen molar-refractivity contribution >= 4 is 11.5 Å². The van der Waals surface area contributed by atoms with Gasteiger partial charge in [-0.2, -0.15) is 0 Å². The van der Waals surface area contributed by atoms with E-state index in [1.165, 1.54) is 12.8 Å². The van der Waals surface area contributed by atoms with Crippen molar-refractivity contribution in [3.63, 3.8) is 0 Å². The fraction of sp³-hybridized carbons (Fsp3) is 0.538. The number of hydrogen-bond donors (Lipinski definition) is 3. The minimum Gasteiger partial charge on any atom is -0.409 e. The number of amidine groups is 1. The predicted molar refractivity (Wildman–Crippen MR) is 73.4 cm³/mol. The SMILES string of the molecule is N/C(=N/O)c1ncccc1N(CCO)C1CCCC1. The molecule has 0 aliphatic heterocycles. The summed E-state index contributed by atoms with van der Waals surface area (Å²) in [4.78, 5) is 6.30. The van der Waals surface area contributed by atoms with Crippen LogP contribution in [-0.2, 0) is 0 Å². The Morgan fingerprint density at radius 2 is 2.21 bits per heavy atom. The summed E-state index contributed by atoms with van der Waals surface area (Å²) in [7, 11) is 0. The maximum absolute atomic E-state index is 9.27. The van der Waals surface area contributed by atoms with Crippen LogP contribution in [0.1, 0.15) is 31.4 Å². The van der Waals surface area contributed by atoms with Crippen LogP contribution >= 0.6 is 0 Å². The summed E-state index contributed by atoms with van der Waals surface area (Å²) in [5.41, 5.74) is 6.96. The van der Waals surface area contributed by atoms with Crippen molar-refractivity contribution < 1.29 is 10.3 Å². The molecule has 0 aromatic carbocycles. The molecule has 1 aromatic rings. The molecule has 0 atom stereocenters. The topological polar surface area (TPSA) is 95.0 Å². The molecule has 1 aliphatic carbocycles. The highest BCUT2D eigenvalue weighted by molar-refractivity contribution is 6.00. The van der Waals surface area contributed by atoms with Gasteiger partial charge in [-0.15, -0.1) is 0 Å². The predicted octanol–water partition coefficient (Wildman–Crippen LogP) is 0.917. The van der Waals surface area contributed by atoms with Gasteiger partial charge in [0.25, 0.3) is 0 Å². The van der Waals surface area contributed by atoms with Gasteiger partial charge in [0, 0.05) is 18.8 Å². The first-order valence-electron chi connectivity index (χ1n) is 6.58. The van der Waals surface area contributed by atoms with Crippen molar-refractivity contribution in [3.05, 3.63) is 24.0 Å². The number of aliphatic hydroxyl groups excluding tert-OH is 1. The lowest BCUT2D eigenvalue weighted by molar-refractivity contribution is 0.297. The maximum atomic E-state index is 9.27. The van der Waals surface area contributed by atoms with Crippen LogP contribution < -0.4 is 10.6 Å². The van der Waals surface area contributed by atoms with Gasteiger partial charge in [-0.25, -0.2) is 0 Å². The Labute approximate surface area is 112 Å². The number of rotatable bonds is 5. The highest BCUT2D eigenvalue weighted by Gasteiger charge is 2.25. The van der Waals surface area contributed by atoms with Crippen LogP contribution in [0.15, 0.2) is 23.5 Å². The molecule has 6 heteroatoms. The number of pyridine rings is 1. The van der Waals surface area contributed by atoms with Gasteiger partial charge < -0.3 is 20.9 Å². The molecular weight excluding hydrogens is 244 g/mol. The lowest BCUT2D eigenvalue weighted by Gasteiger charge is -2.31. The van der Waals surface area contributed by atoms with Gasteiger partial charge in [0.15, 0.2) is 5.84 Å². The molecule has 6 nitrogen and oxygen atoms in total. The smallest absolute Gasteiger partial charge is 0.190 e. The molecule has 4 N–H and O–H groups in total. The molecule has 0 bridgehead atoms. The number of oxime groups is 1. The van der Waals surface area contributed by atoms with E-state index in [2.05, 4.69) is 15.0 Å². The fourth-order valence-electron chi connectivity index (χ4n) is 2.70. The average molecular weight is 264 g/mol. The monoisotopic (exact) mass is 264 g/mol. The van der Waals surface area contributed by atoms with Crippen LogP contribution in [-0.4, -0.2) is 40.3 Å². The summed E-state index contributed by atoms with van der Waals surface area (Å²) in [6.45, 7) is 0.600. The van der Waals surface area contributed by atoms with Gasteiger partial charge in [0.05, 0.1) is 12.3 Å². The minimum atomic E-state index is -0.00321. The molecule has 1 fully saturated rings. The van der Waals surface area contributed by atoms with E-state index in [0.717, 1.165) is 18.5 Å². The first-order valence-corrected chi connectivity index (χ1v) is 6.58. The number of nitrogens with zero attached hydrogens (tertiary/aromatic N) is 3. The summed E-state index contributed by atoms with van der Waals surface area (Å²) >= 11 is 0. The van der Waals surface area contributed by atoms with E-state index in [-0.39, 0.29) is 12.4 Å². The van der Waals surface area contributed by atoms with Crippen LogP contribution in [0.5, 0.6) is 0 Å². The Morgan fingerprint density at radius 1 is 1.47 bits per heavy atom. The highest BCUT2D eigenvalue weighted by Crippen LogP contribution is 2.29. The number of aromatic nitrogens is 1. The van der Waals surface area contributed by atoms with Crippen molar-refractivity contribution in [2.75, 3.05) is 18.1 Å². The number of anilines is 1.